The highest BCUT2D eigenvalue weighted by Gasteiger charge is 2.37. The second-order valence-electron chi connectivity index (χ2n) is 4.12. The smallest absolute Gasteiger partial charge is 0.0406 e. The summed E-state index contributed by atoms with van der Waals surface area (Å²) in [7, 11) is 2.03. The van der Waals surface area contributed by atoms with Gasteiger partial charge in [-0.15, -0.1) is 11.8 Å². The zero-order chi connectivity index (χ0) is 10.7. The molecule has 0 unspecified atom stereocenters. The van der Waals surface area contributed by atoms with Crippen LogP contribution in [0.25, 0.3) is 0 Å². The monoisotopic (exact) mass is 241 g/mol. The van der Waals surface area contributed by atoms with E-state index >= 15 is 0 Å². The number of hydrogen-bond acceptors (Lipinski definition) is 2. The molecule has 0 amide bonds. The summed E-state index contributed by atoms with van der Waals surface area (Å²) in [6, 6.07) is 8.16. The molecule has 1 aliphatic rings. The Kier molecular flexibility index (Phi) is 3.60. The molecule has 1 aromatic carbocycles. The van der Waals surface area contributed by atoms with Crippen molar-refractivity contribution in [3.05, 3.63) is 29.3 Å². The lowest BCUT2D eigenvalue weighted by atomic mass is 9.84. The fourth-order valence-corrected chi connectivity index (χ4v) is 3.57. The molecular weight excluding hydrogens is 226 g/mol. The van der Waals surface area contributed by atoms with Crippen LogP contribution in [-0.2, 0) is 0 Å². The average molecular weight is 242 g/mol. The van der Waals surface area contributed by atoms with E-state index in [-0.39, 0.29) is 0 Å². The van der Waals surface area contributed by atoms with E-state index in [9.17, 15) is 0 Å². The van der Waals surface area contributed by atoms with Gasteiger partial charge in [-0.25, -0.2) is 0 Å². The minimum atomic E-state index is 0.433. The van der Waals surface area contributed by atoms with Gasteiger partial charge in [0.1, 0.15) is 0 Å². The molecule has 15 heavy (non-hydrogen) atoms. The second kappa shape index (κ2) is 4.77. The van der Waals surface area contributed by atoms with E-state index in [2.05, 4.69) is 17.4 Å². The fraction of sp³-hybridized carbons (Fsp3) is 0.500. The maximum Gasteiger partial charge on any atom is 0.0406 e. The number of hydrogen-bond donors (Lipinski definition) is 1. The van der Waals surface area contributed by atoms with Gasteiger partial charge < -0.3 is 5.32 Å². The molecule has 2 rings (SSSR count). The molecule has 3 heteroatoms. The van der Waals surface area contributed by atoms with Crippen LogP contribution < -0.4 is 5.32 Å². The molecule has 0 heterocycles. The van der Waals surface area contributed by atoms with Crippen LogP contribution in [0.4, 0.5) is 0 Å². The number of nitrogens with one attached hydrogen (secondary N) is 1. The second-order valence-corrected chi connectivity index (χ2v) is 6.10. The van der Waals surface area contributed by atoms with E-state index in [4.69, 9.17) is 11.6 Å². The molecule has 1 aromatic rings. The Hall–Kier alpha value is -0.180. The van der Waals surface area contributed by atoms with E-state index < -0.39 is 0 Å². The van der Waals surface area contributed by atoms with Crippen LogP contribution in [0.5, 0.6) is 0 Å². The Morgan fingerprint density at radius 1 is 1.33 bits per heavy atom. The summed E-state index contributed by atoms with van der Waals surface area (Å²) in [6.07, 6.45) is 4.00. The predicted molar refractivity (Wildman–Crippen MR) is 67.8 cm³/mol. The van der Waals surface area contributed by atoms with Crippen LogP contribution in [0.1, 0.15) is 19.3 Å². The molecule has 0 spiro atoms. The molecule has 0 atom stereocenters. The van der Waals surface area contributed by atoms with E-state index in [1.807, 2.05) is 30.9 Å². The number of thioether (sulfide) groups is 1. The quantitative estimate of drug-likeness (QED) is 0.865. The van der Waals surface area contributed by atoms with E-state index in [0.717, 1.165) is 11.6 Å². The molecule has 1 nitrogen and oxygen atoms in total. The zero-order valence-electron chi connectivity index (χ0n) is 8.92. The van der Waals surface area contributed by atoms with Crippen molar-refractivity contribution in [2.24, 2.45) is 0 Å². The van der Waals surface area contributed by atoms with Crippen molar-refractivity contribution in [1.82, 2.24) is 5.32 Å². The molecule has 0 aliphatic heterocycles. The molecule has 82 valence electrons. The molecule has 1 N–H and O–H groups in total. The summed E-state index contributed by atoms with van der Waals surface area (Å²) < 4.78 is 0.433. The van der Waals surface area contributed by atoms with Crippen LogP contribution in [0, 0.1) is 0 Å². The van der Waals surface area contributed by atoms with Crippen molar-refractivity contribution in [3.8, 4) is 0 Å². The summed E-state index contributed by atoms with van der Waals surface area (Å²) in [5, 5.41) is 4.11. The minimum absolute atomic E-state index is 0.433. The van der Waals surface area contributed by atoms with Gasteiger partial charge in [-0.3, -0.25) is 0 Å². The summed E-state index contributed by atoms with van der Waals surface area (Å²) in [5.41, 5.74) is 0. The lowest BCUT2D eigenvalue weighted by molar-refractivity contribution is 0.353. The standard InChI is InChI=1S/C12H16ClNS/c1-14-9-12(7-2-8-12)15-11-5-3-10(13)4-6-11/h3-6,14H,2,7-9H2,1H3. The van der Waals surface area contributed by atoms with Gasteiger partial charge in [0.2, 0.25) is 0 Å². The van der Waals surface area contributed by atoms with Crippen molar-refractivity contribution < 1.29 is 0 Å². The molecule has 0 bridgehead atoms. The fourth-order valence-electron chi connectivity index (χ4n) is 1.96. The van der Waals surface area contributed by atoms with Crippen LogP contribution in [0.15, 0.2) is 29.2 Å². The molecule has 1 fully saturated rings. The van der Waals surface area contributed by atoms with Crippen LogP contribution in [0.2, 0.25) is 5.02 Å². The highest BCUT2D eigenvalue weighted by molar-refractivity contribution is 8.00. The Morgan fingerprint density at radius 3 is 2.47 bits per heavy atom. The van der Waals surface area contributed by atoms with Gasteiger partial charge >= 0.3 is 0 Å². The molecule has 1 aliphatic carbocycles. The first kappa shape index (κ1) is 11.3. The topological polar surface area (TPSA) is 12.0 Å². The molecule has 0 saturated heterocycles. The molecule has 0 radical (unpaired) electrons. The summed E-state index contributed by atoms with van der Waals surface area (Å²) in [5.74, 6) is 0. The van der Waals surface area contributed by atoms with E-state index in [0.29, 0.717) is 4.75 Å². The first-order chi connectivity index (χ1) is 7.24. The van der Waals surface area contributed by atoms with Gasteiger partial charge in [-0.05, 0) is 44.2 Å². The maximum atomic E-state index is 5.87. The summed E-state index contributed by atoms with van der Waals surface area (Å²) in [6.45, 7) is 1.10. The SMILES string of the molecule is CNCC1(Sc2ccc(Cl)cc2)CCC1. The normalized spacial score (nSPS) is 18.5. The first-order valence-electron chi connectivity index (χ1n) is 5.33. The van der Waals surface area contributed by atoms with Gasteiger partial charge in [0, 0.05) is 21.2 Å². The lowest BCUT2D eigenvalue weighted by Crippen LogP contribution is -2.42. The predicted octanol–water partition coefficient (Wildman–Crippen LogP) is 3.57. The van der Waals surface area contributed by atoms with Gasteiger partial charge in [0.05, 0.1) is 0 Å². The number of rotatable bonds is 4. The van der Waals surface area contributed by atoms with Crippen molar-refractivity contribution in [2.45, 2.75) is 28.9 Å². The molecule has 1 saturated carbocycles. The summed E-state index contributed by atoms with van der Waals surface area (Å²) in [4.78, 5) is 1.33. The van der Waals surface area contributed by atoms with Crippen LogP contribution >= 0.6 is 23.4 Å². The summed E-state index contributed by atoms with van der Waals surface area (Å²) >= 11 is 7.86. The van der Waals surface area contributed by atoms with Crippen LogP contribution in [-0.4, -0.2) is 18.3 Å². The Labute approximate surface area is 101 Å². The third-order valence-electron chi connectivity index (χ3n) is 2.91. The first-order valence-corrected chi connectivity index (χ1v) is 6.53. The largest absolute Gasteiger partial charge is 0.318 e. The highest BCUT2D eigenvalue weighted by atomic mass is 35.5. The van der Waals surface area contributed by atoms with Crippen molar-refractivity contribution >= 4 is 23.4 Å². The average Bonchev–Trinajstić information content (AvgIpc) is 2.18. The van der Waals surface area contributed by atoms with Crippen molar-refractivity contribution in [2.75, 3.05) is 13.6 Å². The minimum Gasteiger partial charge on any atom is -0.318 e. The van der Waals surface area contributed by atoms with Gasteiger partial charge in [0.25, 0.3) is 0 Å². The van der Waals surface area contributed by atoms with Gasteiger partial charge in [-0.1, -0.05) is 18.0 Å². The molecular formula is C12H16ClNS. The third-order valence-corrected chi connectivity index (χ3v) is 4.66. The van der Waals surface area contributed by atoms with Gasteiger partial charge in [-0.2, -0.15) is 0 Å². The maximum absolute atomic E-state index is 5.87. The molecule has 0 aromatic heterocycles. The Bertz CT molecular complexity index is 319. The third kappa shape index (κ3) is 2.68. The highest BCUT2D eigenvalue weighted by Crippen LogP contribution is 2.47. The van der Waals surface area contributed by atoms with Crippen LogP contribution in [0.3, 0.4) is 0 Å². The van der Waals surface area contributed by atoms with E-state index in [1.54, 1.807) is 0 Å². The lowest BCUT2D eigenvalue weighted by Gasteiger charge is -2.41. The van der Waals surface area contributed by atoms with Crippen molar-refractivity contribution in [1.29, 1.82) is 0 Å². The zero-order valence-corrected chi connectivity index (χ0v) is 10.5. The Morgan fingerprint density at radius 2 is 2.00 bits per heavy atom. The van der Waals surface area contributed by atoms with Crippen molar-refractivity contribution in [3.63, 3.8) is 0 Å². The Balaban J connectivity index is 2.03. The van der Waals surface area contributed by atoms with E-state index in [1.165, 1.54) is 24.2 Å². The van der Waals surface area contributed by atoms with Gasteiger partial charge in [0.15, 0.2) is 0 Å². The number of halogens is 1. The number of benzene rings is 1.